The lowest BCUT2D eigenvalue weighted by molar-refractivity contribution is -0.115. The summed E-state index contributed by atoms with van der Waals surface area (Å²) in [5.41, 5.74) is 2.93. The summed E-state index contributed by atoms with van der Waals surface area (Å²) in [6, 6.07) is 14.0. The molecule has 2 aromatic carbocycles. The van der Waals surface area contributed by atoms with Crippen LogP contribution in [0.25, 0.3) is 0 Å². The Hall–Kier alpha value is -2.20. The van der Waals surface area contributed by atoms with Crippen molar-refractivity contribution in [3.8, 4) is 0 Å². The molecule has 0 saturated carbocycles. The number of benzene rings is 2. The predicted molar refractivity (Wildman–Crippen MR) is 82.6 cm³/mol. The van der Waals surface area contributed by atoms with E-state index in [0.29, 0.717) is 5.69 Å². The van der Waals surface area contributed by atoms with Crippen LogP contribution >= 0.6 is 0 Å². The number of anilines is 1. The van der Waals surface area contributed by atoms with Gasteiger partial charge >= 0.3 is 0 Å². The third-order valence-corrected chi connectivity index (χ3v) is 3.27. The second-order valence-corrected chi connectivity index (χ2v) is 5.07. The fraction of sp³-hybridized carbons (Fsp3) is 0.235. The topological polar surface area (TPSA) is 41.1 Å². The van der Waals surface area contributed by atoms with E-state index in [9.17, 15) is 9.18 Å². The zero-order valence-electron chi connectivity index (χ0n) is 12.2. The van der Waals surface area contributed by atoms with Gasteiger partial charge in [-0.2, -0.15) is 0 Å². The SMILES string of the molecule is Cc1ccc([C@@H](C)NCC(=O)Nc2ccc(F)cc2)cc1. The van der Waals surface area contributed by atoms with Gasteiger partial charge in [-0.1, -0.05) is 29.8 Å². The van der Waals surface area contributed by atoms with Gasteiger partial charge in [0.15, 0.2) is 0 Å². The molecule has 0 aliphatic heterocycles. The zero-order valence-corrected chi connectivity index (χ0v) is 12.2. The average Bonchev–Trinajstić information content (AvgIpc) is 2.48. The van der Waals surface area contributed by atoms with Crippen molar-refractivity contribution in [1.29, 1.82) is 0 Å². The Kier molecular flexibility index (Phi) is 5.06. The van der Waals surface area contributed by atoms with Gasteiger partial charge in [-0.3, -0.25) is 4.79 Å². The third-order valence-electron chi connectivity index (χ3n) is 3.27. The first kappa shape index (κ1) is 15.2. The van der Waals surface area contributed by atoms with E-state index >= 15 is 0 Å². The van der Waals surface area contributed by atoms with E-state index in [1.165, 1.54) is 29.8 Å². The summed E-state index contributed by atoms with van der Waals surface area (Å²) in [4.78, 5) is 11.8. The average molecular weight is 286 g/mol. The largest absolute Gasteiger partial charge is 0.325 e. The smallest absolute Gasteiger partial charge is 0.238 e. The maximum atomic E-state index is 12.8. The van der Waals surface area contributed by atoms with Crippen LogP contribution in [0.15, 0.2) is 48.5 Å². The van der Waals surface area contributed by atoms with Gasteiger partial charge in [0.1, 0.15) is 5.82 Å². The van der Waals surface area contributed by atoms with Crippen LogP contribution in [0.1, 0.15) is 24.1 Å². The van der Waals surface area contributed by atoms with E-state index in [-0.39, 0.29) is 24.3 Å². The second kappa shape index (κ2) is 6.99. The molecule has 0 aliphatic carbocycles. The number of rotatable bonds is 5. The lowest BCUT2D eigenvalue weighted by atomic mass is 10.1. The first-order valence-corrected chi connectivity index (χ1v) is 6.90. The van der Waals surface area contributed by atoms with Gasteiger partial charge in [0.2, 0.25) is 5.91 Å². The summed E-state index contributed by atoms with van der Waals surface area (Å²) in [7, 11) is 0. The fourth-order valence-electron chi connectivity index (χ4n) is 1.96. The second-order valence-electron chi connectivity index (χ2n) is 5.07. The maximum absolute atomic E-state index is 12.8. The van der Waals surface area contributed by atoms with Crippen LogP contribution in [0, 0.1) is 12.7 Å². The Morgan fingerprint density at radius 3 is 2.33 bits per heavy atom. The molecule has 4 heteroatoms. The van der Waals surface area contributed by atoms with Crippen LogP contribution in [0.2, 0.25) is 0 Å². The highest BCUT2D eigenvalue weighted by atomic mass is 19.1. The molecule has 2 N–H and O–H groups in total. The minimum Gasteiger partial charge on any atom is -0.325 e. The molecule has 0 fully saturated rings. The number of carbonyl (C=O) groups excluding carboxylic acids is 1. The molecule has 0 unspecified atom stereocenters. The van der Waals surface area contributed by atoms with E-state index in [1.807, 2.05) is 38.1 Å². The van der Waals surface area contributed by atoms with Crippen molar-refractivity contribution in [1.82, 2.24) is 5.32 Å². The number of carbonyl (C=O) groups is 1. The summed E-state index contributed by atoms with van der Waals surface area (Å²) in [6.45, 7) is 4.25. The van der Waals surface area contributed by atoms with E-state index in [0.717, 1.165) is 5.56 Å². The molecular weight excluding hydrogens is 267 g/mol. The number of aryl methyl sites for hydroxylation is 1. The molecule has 0 radical (unpaired) electrons. The highest BCUT2D eigenvalue weighted by Crippen LogP contribution is 2.13. The normalized spacial score (nSPS) is 12.0. The molecule has 0 aromatic heterocycles. The number of hydrogen-bond acceptors (Lipinski definition) is 2. The third kappa shape index (κ3) is 4.68. The molecule has 1 atom stereocenters. The Labute approximate surface area is 124 Å². The van der Waals surface area contributed by atoms with Crippen LogP contribution in [0.3, 0.4) is 0 Å². The molecule has 0 heterocycles. The van der Waals surface area contributed by atoms with E-state index < -0.39 is 0 Å². The highest BCUT2D eigenvalue weighted by Gasteiger charge is 2.07. The van der Waals surface area contributed by atoms with Crippen molar-refractivity contribution >= 4 is 11.6 Å². The summed E-state index contributed by atoms with van der Waals surface area (Å²) >= 11 is 0. The van der Waals surface area contributed by atoms with Crippen LogP contribution in [-0.4, -0.2) is 12.5 Å². The van der Waals surface area contributed by atoms with Crippen LogP contribution in [0.4, 0.5) is 10.1 Å². The van der Waals surface area contributed by atoms with Crippen molar-refractivity contribution in [2.45, 2.75) is 19.9 Å². The molecule has 2 aromatic rings. The Morgan fingerprint density at radius 1 is 1.10 bits per heavy atom. The number of hydrogen-bond donors (Lipinski definition) is 2. The fourth-order valence-corrected chi connectivity index (χ4v) is 1.96. The molecule has 0 spiro atoms. The Morgan fingerprint density at radius 2 is 1.71 bits per heavy atom. The monoisotopic (exact) mass is 286 g/mol. The van der Waals surface area contributed by atoms with Crippen LogP contribution < -0.4 is 10.6 Å². The Balaban J connectivity index is 1.83. The number of halogens is 1. The van der Waals surface area contributed by atoms with Crippen molar-refractivity contribution in [3.05, 3.63) is 65.5 Å². The van der Waals surface area contributed by atoms with Crippen LogP contribution in [0.5, 0.6) is 0 Å². The minimum absolute atomic E-state index is 0.0876. The van der Waals surface area contributed by atoms with Crippen molar-refractivity contribution in [2.24, 2.45) is 0 Å². The molecule has 2 rings (SSSR count). The highest BCUT2D eigenvalue weighted by molar-refractivity contribution is 5.92. The van der Waals surface area contributed by atoms with Gasteiger partial charge in [-0.25, -0.2) is 4.39 Å². The van der Waals surface area contributed by atoms with Crippen molar-refractivity contribution < 1.29 is 9.18 Å². The standard InChI is InChI=1S/C17H19FN2O/c1-12-3-5-14(6-4-12)13(2)19-11-17(21)20-16-9-7-15(18)8-10-16/h3-10,13,19H,11H2,1-2H3,(H,20,21)/t13-/m1/s1. The summed E-state index contributed by atoms with van der Waals surface area (Å²) in [5, 5.41) is 5.88. The summed E-state index contributed by atoms with van der Waals surface area (Å²) in [6.07, 6.45) is 0. The van der Waals surface area contributed by atoms with E-state index in [1.54, 1.807) is 0 Å². The molecule has 3 nitrogen and oxygen atoms in total. The first-order chi connectivity index (χ1) is 10.0. The van der Waals surface area contributed by atoms with E-state index in [4.69, 9.17) is 0 Å². The molecule has 0 bridgehead atoms. The van der Waals surface area contributed by atoms with Gasteiger partial charge in [0.05, 0.1) is 6.54 Å². The number of nitrogens with one attached hydrogen (secondary N) is 2. The summed E-state index contributed by atoms with van der Waals surface area (Å²) in [5.74, 6) is -0.473. The lowest BCUT2D eigenvalue weighted by Gasteiger charge is -2.14. The minimum atomic E-state index is -0.320. The predicted octanol–water partition coefficient (Wildman–Crippen LogP) is 3.42. The lowest BCUT2D eigenvalue weighted by Crippen LogP contribution is -2.30. The van der Waals surface area contributed by atoms with Gasteiger partial charge in [0, 0.05) is 11.7 Å². The van der Waals surface area contributed by atoms with Gasteiger partial charge < -0.3 is 10.6 Å². The maximum Gasteiger partial charge on any atom is 0.238 e. The number of amides is 1. The molecule has 21 heavy (non-hydrogen) atoms. The molecule has 110 valence electrons. The molecule has 0 aliphatic rings. The zero-order chi connectivity index (χ0) is 15.2. The van der Waals surface area contributed by atoms with Gasteiger partial charge in [0.25, 0.3) is 0 Å². The van der Waals surface area contributed by atoms with Gasteiger partial charge in [-0.05, 0) is 43.7 Å². The van der Waals surface area contributed by atoms with E-state index in [2.05, 4.69) is 10.6 Å². The van der Waals surface area contributed by atoms with Crippen molar-refractivity contribution in [3.63, 3.8) is 0 Å². The van der Waals surface area contributed by atoms with Crippen molar-refractivity contribution in [2.75, 3.05) is 11.9 Å². The van der Waals surface area contributed by atoms with Crippen LogP contribution in [-0.2, 0) is 4.79 Å². The quantitative estimate of drug-likeness (QED) is 0.884. The summed E-state index contributed by atoms with van der Waals surface area (Å²) < 4.78 is 12.8. The molecule has 1 amide bonds. The molecule has 0 saturated heterocycles. The Bertz CT molecular complexity index is 593. The van der Waals surface area contributed by atoms with Gasteiger partial charge in [-0.15, -0.1) is 0 Å². The molecular formula is C17H19FN2O. The first-order valence-electron chi connectivity index (χ1n) is 6.90.